The molecule has 8 heteroatoms. The van der Waals surface area contributed by atoms with Crippen LogP contribution in [0, 0.1) is 5.92 Å². The smallest absolute Gasteiger partial charge is 0.328 e. The lowest BCUT2D eigenvalue weighted by Gasteiger charge is -2.36. The highest BCUT2D eigenvalue weighted by Gasteiger charge is 2.53. The number of nitrogens with one attached hydrogen (secondary N) is 1. The third kappa shape index (κ3) is 5.16. The summed E-state index contributed by atoms with van der Waals surface area (Å²) in [5.41, 5.74) is 1.64. The highest BCUT2D eigenvalue weighted by Crippen LogP contribution is 2.49. The Hall–Kier alpha value is -3.52. The predicted molar refractivity (Wildman–Crippen MR) is 143 cm³/mol. The fourth-order valence-electron chi connectivity index (χ4n) is 5.20. The van der Waals surface area contributed by atoms with E-state index >= 15 is 0 Å². The molecule has 194 valence electrons. The highest BCUT2D eigenvalue weighted by atomic mass is 16.5. The number of esters is 1. The summed E-state index contributed by atoms with van der Waals surface area (Å²) in [6.45, 7) is 7.47. The molecule has 37 heavy (non-hydrogen) atoms. The van der Waals surface area contributed by atoms with Gasteiger partial charge in [-0.25, -0.2) is 14.8 Å². The molecule has 1 amide bonds. The molecule has 5 rings (SSSR count). The Kier molecular flexibility index (Phi) is 7.11. The third-order valence-corrected chi connectivity index (χ3v) is 7.57. The maximum Gasteiger partial charge on any atom is 0.328 e. The number of amides is 1. The number of methoxy groups -OCH3 is 1. The lowest BCUT2D eigenvalue weighted by atomic mass is 9.94. The van der Waals surface area contributed by atoms with Crippen LogP contribution in [0.1, 0.15) is 38.1 Å². The van der Waals surface area contributed by atoms with E-state index in [1.54, 1.807) is 0 Å². The highest BCUT2D eigenvalue weighted by molar-refractivity contribution is 5.92. The molecule has 2 aromatic carbocycles. The van der Waals surface area contributed by atoms with Gasteiger partial charge in [0.2, 0.25) is 5.91 Å². The lowest BCUT2D eigenvalue weighted by Crippen LogP contribution is -2.51. The van der Waals surface area contributed by atoms with E-state index in [-0.39, 0.29) is 23.2 Å². The maximum atomic E-state index is 13.4. The van der Waals surface area contributed by atoms with Crippen LogP contribution >= 0.6 is 0 Å². The molecule has 8 nitrogen and oxygen atoms in total. The van der Waals surface area contributed by atoms with E-state index in [9.17, 15) is 9.59 Å². The van der Waals surface area contributed by atoms with Gasteiger partial charge in [-0.2, -0.15) is 0 Å². The van der Waals surface area contributed by atoms with Gasteiger partial charge in [0.05, 0.1) is 24.6 Å². The van der Waals surface area contributed by atoms with Gasteiger partial charge in [-0.15, -0.1) is 0 Å². The van der Waals surface area contributed by atoms with Crippen molar-refractivity contribution >= 4 is 28.6 Å². The van der Waals surface area contributed by atoms with Crippen molar-refractivity contribution in [3.63, 3.8) is 0 Å². The van der Waals surface area contributed by atoms with Crippen molar-refractivity contribution in [2.24, 2.45) is 5.92 Å². The molecule has 1 saturated heterocycles. The Bertz CT molecular complexity index is 1270. The summed E-state index contributed by atoms with van der Waals surface area (Å²) in [4.78, 5) is 39.7. The molecule has 0 unspecified atom stereocenters. The summed E-state index contributed by atoms with van der Waals surface area (Å²) in [5, 5.41) is 4.18. The van der Waals surface area contributed by atoms with Crippen LogP contribution in [0.15, 0.2) is 54.6 Å². The van der Waals surface area contributed by atoms with E-state index < -0.39 is 6.04 Å². The number of carbonyl (C=O) groups is 2. The second-order valence-electron chi connectivity index (χ2n) is 10.4. The molecule has 2 fully saturated rings. The van der Waals surface area contributed by atoms with Gasteiger partial charge in [0, 0.05) is 31.6 Å². The van der Waals surface area contributed by atoms with Crippen molar-refractivity contribution in [3.05, 3.63) is 66.0 Å². The normalized spacial score (nSPS) is 18.0. The summed E-state index contributed by atoms with van der Waals surface area (Å²) >= 11 is 0. The topological polar surface area (TPSA) is 87.7 Å². The second-order valence-corrected chi connectivity index (χ2v) is 10.4. The number of aromatic nitrogens is 2. The van der Waals surface area contributed by atoms with Gasteiger partial charge in [0.1, 0.15) is 17.7 Å². The van der Waals surface area contributed by atoms with Crippen LogP contribution in [0.3, 0.4) is 0 Å². The fraction of sp³-hybridized carbons (Fsp3) is 0.448. The van der Waals surface area contributed by atoms with E-state index in [1.165, 1.54) is 7.11 Å². The zero-order valence-corrected chi connectivity index (χ0v) is 21.8. The molecule has 1 aromatic heterocycles. The molecule has 1 atom stereocenters. The summed E-state index contributed by atoms with van der Waals surface area (Å²) in [7, 11) is 1.40. The zero-order chi connectivity index (χ0) is 26.0. The van der Waals surface area contributed by atoms with Crippen molar-refractivity contribution in [3.8, 4) is 0 Å². The quantitative estimate of drug-likeness (QED) is 0.472. The Balaban J connectivity index is 1.28. The van der Waals surface area contributed by atoms with Crippen molar-refractivity contribution in [1.29, 1.82) is 0 Å². The van der Waals surface area contributed by atoms with E-state index in [4.69, 9.17) is 14.7 Å². The number of nitrogens with zero attached hydrogens (tertiary/aromatic N) is 4. The fourth-order valence-corrected chi connectivity index (χ4v) is 5.20. The van der Waals surface area contributed by atoms with Crippen LogP contribution in [0.2, 0.25) is 0 Å². The first-order valence-corrected chi connectivity index (χ1v) is 13.1. The van der Waals surface area contributed by atoms with Crippen molar-refractivity contribution in [2.45, 2.75) is 44.7 Å². The lowest BCUT2D eigenvalue weighted by molar-refractivity contribution is -0.142. The SMILES string of the molecule is COC(=O)[C@@H](Nc1nc(CN2CCN(C(=O)C3(c4ccccc4)CC3)CC2)nc2ccccc12)C(C)C. The van der Waals surface area contributed by atoms with Gasteiger partial charge in [-0.3, -0.25) is 9.69 Å². The Morgan fingerprint density at radius 1 is 0.973 bits per heavy atom. The van der Waals surface area contributed by atoms with E-state index in [2.05, 4.69) is 22.3 Å². The molecule has 0 bridgehead atoms. The number of benzene rings is 2. The van der Waals surface area contributed by atoms with E-state index in [0.717, 1.165) is 42.4 Å². The molecule has 1 saturated carbocycles. The molecule has 3 aromatic rings. The van der Waals surface area contributed by atoms with Crippen LogP contribution < -0.4 is 5.32 Å². The van der Waals surface area contributed by atoms with Gasteiger partial charge < -0.3 is 15.0 Å². The van der Waals surface area contributed by atoms with E-state index in [1.807, 2.05) is 61.2 Å². The van der Waals surface area contributed by atoms with E-state index in [0.29, 0.717) is 31.3 Å². The molecule has 0 spiro atoms. The molecular formula is C29H35N5O3. The van der Waals surface area contributed by atoms with Gasteiger partial charge >= 0.3 is 5.97 Å². The number of ether oxygens (including phenoxy) is 1. The minimum Gasteiger partial charge on any atom is -0.467 e. The monoisotopic (exact) mass is 501 g/mol. The number of piperazine rings is 1. The van der Waals surface area contributed by atoms with Crippen LogP contribution in [0.4, 0.5) is 5.82 Å². The van der Waals surface area contributed by atoms with Gasteiger partial charge in [-0.1, -0.05) is 56.3 Å². The summed E-state index contributed by atoms with van der Waals surface area (Å²) in [6, 6.07) is 17.5. The number of para-hydroxylation sites is 1. The average Bonchev–Trinajstić information content (AvgIpc) is 3.74. The number of hydrogen-bond acceptors (Lipinski definition) is 7. The average molecular weight is 502 g/mol. The minimum absolute atomic E-state index is 0.0286. The Labute approximate surface area is 218 Å². The first-order valence-electron chi connectivity index (χ1n) is 13.1. The molecule has 0 radical (unpaired) electrons. The number of fused-ring (bicyclic) bond motifs is 1. The molecule has 2 aliphatic rings. The number of carbonyl (C=O) groups excluding carboxylic acids is 2. The van der Waals surface area contributed by atoms with Crippen LogP contribution in [0.5, 0.6) is 0 Å². The Morgan fingerprint density at radius 3 is 2.30 bits per heavy atom. The van der Waals surface area contributed by atoms with Crippen LogP contribution in [-0.4, -0.2) is 71.0 Å². The first-order chi connectivity index (χ1) is 17.9. The largest absolute Gasteiger partial charge is 0.467 e. The Morgan fingerprint density at radius 2 is 1.65 bits per heavy atom. The number of rotatable bonds is 8. The predicted octanol–water partition coefficient (Wildman–Crippen LogP) is 3.62. The number of hydrogen-bond donors (Lipinski definition) is 1. The maximum absolute atomic E-state index is 13.4. The van der Waals surface area contributed by atoms with Gasteiger partial charge in [-0.05, 0) is 36.5 Å². The standard InChI is InChI=1S/C29H35N5O3/c1-20(2)25(27(35)37-3)32-26-22-11-7-8-12-23(22)30-24(31-26)19-33-15-17-34(18-16-33)28(36)29(13-14-29)21-9-5-4-6-10-21/h4-12,20,25H,13-19H2,1-3H3,(H,30,31,32)/t25-/m0/s1. The van der Waals surface area contributed by atoms with Crippen molar-refractivity contribution in [2.75, 3.05) is 38.6 Å². The van der Waals surface area contributed by atoms with Crippen molar-refractivity contribution in [1.82, 2.24) is 19.8 Å². The summed E-state index contributed by atoms with van der Waals surface area (Å²) in [5.74, 6) is 1.30. The van der Waals surface area contributed by atoms with Gasteiger partial charge in [0.15, 0.2) is 0 Å². The summed E-state index contributed by atoms with van der Waals surface area (Å²) < 4.78 is 5.01. The molecule has 1 aliphatic carbocycles. The molecule has 1 aliphatic heterocycles. The number of anilines is 1. The molecular weight excluding hydrogens is 466 g/mol. The van der Waals surface area contributed by atoms with Crippen LogP contribution in [0.25, 0.3) is 10.9 Å². The summed E-state index contributed by atoms with van der Waals surface area (Å²) in [6.07, 6.45) is 1.86. The molecule has 2 heterocycles. The first kappa shape index (κ1) is 25.1. The van der Waals surface area contributed by atoms with Crippen molar-refractivity contribution < 1.29 is 14.3 Å². The van der Waals surface area contributed by atoms with Crippen LogP contribution in [-0.2, 0) is 26.3 Å². The third-order valence-electron chi connectivity index (χ3n) is 7.57. The zero-order valence-electron chi connectivity index (χ0n) is 21.8. The second kappa shape index (κ2) is 10.5. The van der Waals surface area contributed by atoms with Gasteiger partial charge in [0.25, 0.3) is 0 Å². The minimum atomic E-state index is -0.509. The molecule has 1 N–H and O–H groups in total.